The highest BCUT2D eigenvalue weighted by molar-refractivity contribution is 8.47. The number of nitrogens with one attached hydrogen (secondary N) is 1. The minimum absolute atomic E-state index is 0.00345. The molecule has 9 atom stereocenters. The number of alkyl halides is 1. The predicted octanol–water partition coefficient (Wildman–Crippen LogP) is 1.27. The van der Waals surface area contributed by atoms with Gasteiger partial charge in [0.1, 0.15) is 37.1 Å². The summed E-state index contributed by atoms with van der Waals surface area (Å²) in [7, 11) is -7.93. The Morgan fingerprint density at radius 3 is 2.59 bits per heavy atom. The van der Waals surface area contributed by atoms with Crippen LogP contribution >= 0.6 is 38.8 Å². The van der Waals surface area contributed by atoms with Crippen LogP contribution in [0.5, 0.6) is 0 Å². The average molecular weight is 694 g/mol. The molecular formula is C21H26FN9O9P2S2+2. The SMILES string of the molecule is Nc1nc2c(ncn2[C@@H]2O[C@@H]3CO[P+](O)(S)O[C@H]4[C@H](F)[C@H](n5ccc6c(N)ncnc65)O[C@@H]4CO[P+](O)(S)O[C@@H]2C3)c(=O)[nH]1. The standard InChI is InChI=1S/C21H25FN9O9P2S2/c22-12-14-11(38-20(12)30-2-1-9-15(23)25-6-26-16(9)30)5-36-41(33,43)39-10-3-8(4-35-42(34,44)40-14)37-19(10)31-7-27-13-17(31)28-21(24)29-18(13)32/h1-2,6-8,10-12,14,19-20,33-34,43-44H,3-5H2,(H4-,23,24,25,26,28,29,32)/q+1/p+1/t8-,10+,11+,12-,14+,19+,20+,41?,42?/m0/s1. The molecule has 4 aromatic heterocycles. The normalized spacial score (nSPS) is 36.6. The lowest BCUT2D eigenvalue weighted by Crippen LogP contribution is -2.34. The van der Waals surface area contributed by atoms with Gasteiger partial charge in [-0.05, 0) is 6.07 Å². The van der Waals surface area contributed by atoms with Crippen LogP contribution in [0.1, 0.15) is 18.9 Å². The summed E-state index contributed by atoms with van der Waals surface area (Å²) in [4.78, 5) is 53.2. The molecule has 44 heavy (non-hydrogen) atoms. The van der Waals surface area contributed by atoms with Gasteiger partial charge in [0.15, 0.2) is 42.0 Å². The summed E-state index contributed by atoms with van der Waals surface area (Å²) in [5, 5.41) is 0.478. The van der Waals surface area contributed by atoms with Crippen molar-refractivity contribution in [1.82, 2.24) is 34.1 Å². The maximum atomic E-state index is 16.0. The van der Waals surface area contributed by atoms with E-state index in [-0.39, 0.29) is 36.0 Å². The molecule has 0 aliphatic carbocycles. The third-order valence-electron chi connectivity index (χ3n) is 7.32. The van der Waals surface area contributed by atoms with E-state index in [0.717, 1.165) is 0 Å². The van der Waals surface area contributed by atoms with Crippen molar-refractivity contribution in [2.45, 2.75) is 49.5 Å². The molecule has 2 bridgehead atoms. The number of nitrogens with two attached hydrogens (primary N) is 2. The Balaban J connectivity index is 1.18. The Morgan fingerprint density at radius 1 is 1.00 bits per heavy atom. The number of aromatic amines is 1. The first-order valence-corrected chi connectivity index (χ1v) is 18.4. The number of hydrogen-bond donors (Lipinski definition) is 7. The Hall–Kier alpha value is -2.26. The summed E-state index contributed by atoms with van der Waals surface area (Å²) < 4.78 is 53.9. The third kappa shape index (κ3) is 5.54. The van der Waals surface area contributed by atoms with Gasteiger partial charge in [0.2, 0.25) is 5.95 Å². The molecule has 4 aromatic rings. The highest BCUT2D eigenvalue weighted by Gasteiger charge is 2.58. The van der Waals surface area contributed by atoms with Crippen molar-refractivity contribution in [3.05, 3.63) is 35.3 Å². The maximum Gasteiger partial charge on any atom is 0.476 e. The van der Waals surface area contributed by atoms with Gasteiger partial charge in [-0.15, -0.1) is 0 Å². The topological polar surface area (TPSA) is 242 Å². The van der Waals surface area contributed by atoms with Crippen LogP contribution in [0.15, 0.2) is 29.7 Å². The highest BCUT2D eigenvalue weighted by atomic mass is 32.7. The molecule has 7 N–H and O–H groups in total. The zero-order chi connectivity index (χ0) is 31.0. The lowest BCUT2D eigenvalue weighted by atomic mass is 10.1. The van der Waals surface area contributed by atoms with Crippen molar-refractivity contribution >= 4 is 72.8 Å². The number of anilines is 2. The fourth-order valence-electron chi connectivity index (χ4n) is 5.41. The zero-order valence-electron chi connectivity index (χ0n) is 22.2. The van der Waals surface area contributed by atoms with E-state index in [4.69, 9.17) is 39.0 Å². The first-order chi connectivity index (χ1) is 20.9. The second-order valence-corrected chi connectivity index (χ2v) is 16.1. The van der Waals surface area contributed by atoms with Crippen molar-refractivity contribution in [2.75, 3.05) is 24.7 Å². The molecule has 23 heteroatoms. The number of thiol groups is 2. The molecule has 3 saturated heterocycles. The molecule has 0 radical (unpaired) electrons. The van der Waals surface area contributed by atoms with E-state index in [0.29, 0.717) is 11.0 Å². The Bertz CT molecular complexity index is 1780. The number of H-pyrrole nitrogens is 1. The highest BCUT2D eigenvalue weighted by Crippen LogP contribution is 2.67. The monoisotopic (exact) mass is 693 g/mol. The minimum atomic E-state index is -3.99. The second kappa shape index (κ2) is 11.2. The Kier molecular flexibility index (Phi) is 7.75. The van der Waals surface area contributed by atoms with Crippen LogP contribution in [-0.2, 0) is 27.6 Å². The lowest BCUT2D eigenvalue weighted by molar-refractivity contribution is -0.0603. The molecule has 7 rings (SSSR count). The van der Waals surface area contributed by atoms with Gasteiger partial charge in [-0.3, -0.25) is 14.3 Å². The molecule has 0 amide bonds. The van der Waals surface area contributed by atoms with Crippen molar-refractivity contribution in [3.63, 3.8) is 0 Å². The molecule has 3 aliphatic rings. The number of hydrogen-bond acceptors (Lipinski definition) is 17. The van der Waals surface area contributed by atoms with Crippen LogP contribution in [0.3, 0.4) is 0 Å². The molecule has 0 saturated carbocycles. The number of nitrogens with zero attached hydrogens (tertiary/aromatic N) is 6. The smallest absolute Gasteiger partial charge is 0.383 e. The van der Waals surface area contributed by atoms with Gasteiger partial charge in [0, 0.05) is 12.6 Å². The first kappa shape index (κ1) is 30.4. The number of ether oxygens (including phenoxy) is 2. The number of aromatic nitrogens is 7. The van der Waals surface area contributed by atoms with Gasteiger partial charge in [-0.25, -0.2) is 19.3 Å². The average Bonchev–Trinajstić information content (AvgIpc) is 3.72. The summed E-state index contributed by atoms with van der Waals surface area (Å²) in [6, 6.07) is 1.61. The molecule has 236 valence electrons. The van der Waals surface area contributed by atoms with E-state index in [9.17, 15) is 14.6 Å². The van der Waals surface area contributed by atoms with Gasteiger partial charge in [-0.1, -0.05) is 0 Å². The molecule has 7 heterocycles. The largest absolute Gasteiger partial charge is 0.476 e. The van der Waals surface area contributed by atoms with Gasteiger partial charge in [0.05, 0.1) is 42.3 Å². The maximum absolute atomic E-state index is 16.0. The summed E-state index contributed by atoms with van der Waals surface area (Å²) in [6.45, 7) is -0.739. The number of imidazole rings is 1. The Labute approximate surface area is 257 Å². The molecule has 3 fully saturated rings. The quantitative estimate of drug-likeness (QED) is 0.116. The summed E-state index contributed by atoms with van der Waals surface area (Å²) in [6.07, 6.45) is -4.37. The Morgan fingerprint density at radius 2 is 1.77 bits per heavy atom. The van der Waals surface area contributed by atoms with Gasteiger partial charge < -0.3 is 25.5 Å². The molecule has 18 nitrogen and oxygen atoms in total. The van der Waals surface area contributed by atoms with Crippen molar-refractivity contribution in [3.8, 4) is 0 Å². The van der Waals surface area contributed by atoms with Crippen LogP contribution in [0.2, 0.25) is 0 Å². The van der Waals surface area contributed by atoms with Crippen LogP contribution in [0.25, 0.3) is 22.2 Å². The van der Waals surface area contributed by atoms with Crippen molar-refractivity contribution < 1.29 is 41.7 Å². The van der Waals surface area contributed by atoms with E-state index in [1.165, 1.54) is 28.0 Å². The zero-order valence-corrected chi connectivity index (χ0v) is 25.8. The van der Waals surface area contributed by atoms with E-state index >= 15 is 4.39 Å². The van der Waals surface area contributed by atoms with E-state index in [1.807, 2.05) is 0 Å². The molecule has 2 unspecified atom stereocenters. The number of rotatable bonds is 2. The lowest BCUT2D eigenvalue weighted by Gasteiger charge is -2.23. The van der Waals surface area contributed by atoms with Crippen molar-refractivity contribution in [1.29, 1.82) is 0 Å². The van der Waals surface area contributed by atoms with E-state index in [1.54, 1.807) is 6.07 Å². The van der Waals surface area contributed by atoms with Gasteiger partial charge >= 0.3 is 14.3 Å². The fourth-order valence-corrected chi connectivity index (χ4v) is 8.44. The van der Waals surface area contributed by atoms with Crippen molar-refractivity contribution in [2.24, 2.45) is 0 Å². The summed E-state index contributed by atoms with van der Waals surface area (Å²) in [5.41, 5.74) is 11.5. The first-order valence-electron chi connectivity index (χ1n) is 13.0. The summed E-state index contributed by atoms with van der Waals surface area (Å²) >= 11 is 8.43. The van der Waals surface area contributed by atoms with Gasteiger partial charge in [-0.2, -0.15) is 32.9 Å². The van der Waals surface area contributed by atoms with Crippen LogP contribution < -0.4 is 17.0 Å². The van der Waals surface area contributed by atoms with E-state index < -0.39 is 69.5 Å². The molecular weight excluding hydrogens is 667 g/mol. The number of fused-ring (bicyclic) bond motifs is 5. The molecule has 0 aromatic carbocycles. The third-order valence-corrected chi connectivity index (χ3v) is 10.6. The van der Waals surface area contributed by atoms with Crippen LogP contribution in [0, 0.1) is 0 Å². The molecule has 0 spiro atoms. The predicted molar refractivity (Wildman–Crippen MR) is 160 cm³/mol. The van der Waals surface area contributed by atoms with E-state index in [2.05, 4.69) is 49.4 Å². The van der Waals surface area contributed by atoms with Gasteiger partial charge in [0.25, 0.3) is 5.56 Å². The van der Waals surface area contributed by atoms with Crippen LogP contribution in [0.4, 0.5) is 16.2 Å². The number of nitrogen functional groups attached to an aromatic ring is 2. The molecule has 3 aliphatic heterocycles. The van der Waals surface area contributed by atoms with Crippen LogP contribution in [-0.4, -0.2) is 87.6 Å². The summed E-state index contributed by atoms with van der Waals surface area (Å²) in [5.74, 6) is 0.0464. The minimum Gasteiger partial charge on any atom is -0.383 e. The fraction of sp³-hybridized carbons (Fsp3) is 0.476. The second-order valence-electron chi connectivity index (χ2n) is 10.2. The number of halogens is 1.